The SMILES string of the molecule is NCC(F)(F)c1ccc(-c2ccccc2)cc1. The van der Waals surface area contributed by atoms with Gasteiger partial charge in [0.05, 0.1) is 6.54 Å². The smallest absolute Gasteiger partial charge is 0.285 e. The lowest BCUT2D eigenvalue weighted by Crippen LogP contribution is -2.24. The molecular formula is C14H13F2N. The first-order chi connectivity index (χ1) is 8.13. The predicted molar refractivity (Wildman–Crippen MR) is 64.8 cm³/mol. The van der Waals surface area contributed by atoms with Crippen LogP contribution < -0.4 is 5.73 Å². The first kappa shape index (κ1) is 11.7. The summed E-state index contributed by atoms with van der Waals surface area (Å²) in [6.07, 6.45) is 0. The second-order valence-corrected chi connectivity index (χ2v) is 3.85. The van der Waals surface area contributed by atoms with Crippen LogP contribution in [0.5, 0.6) is 0 Å². The summed E-state index contributed by atoms with van der Waals surface area (Å²) in [5, 5.41) is 0. The number of alkyl halides is 2. The van der Waals surface area contributed by atoms with Crippen LogP contribution in [-0.2, 0) is 5.92 Å². The Hall–Kier alpha value is -1.74. The number of hydrogen-bond acceptors (Lipinski definition) is 1. The zero-order valence-electron chi connectivity index (χ0n) is 9.24. The van der Waals surface area contributed by atoms with E-state index in [-0.39, 0.29) is 5.56 Å². The van der Waals surface area contributed by atoms with E-state index in [1.54, 1.807) is 12.1 Å². The number of hydrogen-bond donors (Lipinski definition) is 1. The Bertz CT molecular complexity index is 477. The second-order valence-electron chi connectivity index (χ2n) is 3.85. The van der Waals surface area contributed by atoms with E-state index in [0.29, 0.717) is 0 Å². The third kappa shape index (κ3) is 2.50. The zero-order valence-corrected chi connectivity index (χ0v) is 9.24. The van der Waals surface area contributed by atoms with Gasteiger partial charge in [-0.3, -0.25) is 0 Å². The fraction of sp³-hybridized carbons (Fsp3) is 0.143. The molecule has 0 aliphatic heterocycles. The Morgan fingerprint density at radius 1 is 0.824 bits per heavy atom. The van der Waals surface area contributed by atoms with Crippen molar-refractivity contribution in [2.75, 3.05) is 6.54 Å². The molecule has 0 heterocycles. The molecule has 0 saturated heterocycles. The summed E-state index contributed by atoms with van der Waals surface area (Å²) in [7, 11) is 0. The van der Waals surface area contributed by atoms with Crippen molar-refractivity contribution >= 4 is 0 Å². The number of rotatable bonds is 3. The van der Waals surface area contributed by atoms with Crippen molar-refractivity contribution in [2.45, 2.75) is 5.92 Å². The van der Waals surface area contributed by atoms with Gasteiger partial charge in [-0.1, -0.05) is 54.6 Å². The van der Waals surface area contributed by atoms with Gasteiger partial charge in [-0.25, -0.2) is 0 Å². The van der Waals surface area contributed by atoms with E-state index in [1.165, 1.54) is 12.1 Å². The third-order valence-electron chi connectivity index (χ3n) is 2.67. The van der Waals surface area contributed by atoms with E-state index in [0.717, 1.165) is 11.1 Å². The molecule has 0 saturated carbocycles. The molecule has 0 atom stereocenters. The maximum absolute atomic E-state index is 13.3. The maximum atomic E-state index is 13.3. The molecule has 88 valence electrons. The van der Waals surface area contributed by atoms with Gasteiger partial charge in [-0.05, 0) is 11.1 Å². The number of benzene rings is 2. The van der Waals surface area contributed by atoms with Crippen LogP contribution >= 0.6 is 0 Å². The minimum atomic E-state index is -2.95. The molecule has 1 nitrogen and oxygen atoms in total. The first-order valence-electron chi connectivity index (χ1n) is 5.37. The van der Waals surface area contributed by atoms with Gasteiger partial charge in [0.15, 0.2) is 0 Å². The molecule has 0 aliphatic carbocycles. The lowest BCUT2D eigenvalue weighted by Gasteiger charge is -2.14. The molecule has 0 unspecified atom stereocenters. The average Bonchev–Trinajstić information content (AvgIpc) is 2.40. The molecule has 3 heteroatoms. The standard InChI is InChI=1S/C14H13F2N/c15-14(16,10-17)13-8-6-12(7-9-13)11-4-2-1-3-5-11/h1-9H,10,17H2. The van der Waals surface area contributed by atoms with Crippen LogP contribution in [-0.4, -0.2) is 6.54 Å². The van der Waals surface area contributed by atoms with Gasteiger partial charge < -0.3 is 5.73 Å². The third-order valence-corrected chi connectivity index (χ3v) is 2.67. The fourth-order valence-electron chi connectivity index (χ4n) is 1.65. The van der Waals surface area contributed by atoms with E-state index in [2.05, 4.69) is 0 Å². The Morgan fingerprint density at radius 3 is 1.88 bits per heavy atom. The maximum Gasteiger partial charge on any atom is 0.285 e. The van der Waals surface area contributed by atoms with Gasteiger partial charge in [-0.2, -0.15) is 8.78 Å². The first-order valence-corrected chi connectivity index (χ1v) is 5.37. The lowest BCUT2D eigenvalue weighted by atomic mass is 10.0. The minimum Gasteiger partial charge on any atom is -0.325 e. The summed E-state index contributed by atoms with van der Waals surface area (Å²) in [6, 6.07) is 15.9. The van der Waals surface area contributed by atoms with Gasteiger partial charge in [0, 0.05) is 5.56 Å². The van der Waals surface area contributed by atoms with Crippen LogP contribution in [0, 0.1) is 0 Å². The number of nitrogens with two attached hydrogens (primary N) is 1. The van der Waals surface area contributed by atoms with Crippen molar-refractivity contribution in [1.82, 2.24) is 0 Å². The normalized spacial score (nSPS) is 11.5. The molecule has 0 spiro atoms. The number of halogens is 2. The van der Waals surface area contributed by atoms with Gasteiger partial charge in [0.2, 0.25) is 0 Å². The van der Waals surface area contributed by atoms with Crippen LogP contribution in [0.15, 0.2) is 54.6 Å². The van der Waals surface area contributed by atoms with Gasteiger partial charge >= 0.3 is 0 Å². The van der Waals surface area contributed by atoms with Crippen molar-refractivity contribution in [2.24, 2.45) is 5.73 Å². The highest BCUT2D eigenvalue weighted by atomic mass is 19.3. The summed E-state index contributed by atoms with van der Waals surface area (Å²) in [4.78, 5) is 0. The minimum absolute atomic E-state index is 0.0420. The topological polar surface area (TPSA) is 26.0 Å². The van der Waals surface area contributed by atoms with Crippen molar-refractivity contribution in [3.8, 4) is 11.1 Å². The zero-order chi connectivity index (χ0) is 12.3. The molecule has 2 aromatic rings. The summed E-state index contributed by atoms with van der Waals surface area (Å²) < 4.78 is 26.6. The van der Waals surface area contributed by atoms with Crippen LogP contribution in [0.25, 0.3) is 11.1 Å². The van der Waals surface area contributed by atoms with Crippen LogP contribution in [0.4, 0.5) is 8.78 Å². The van der Waals surface area contributed by atoms with Crippen LogP contribution in [0.2, 0.25) is 0 Å². The largest absolute Gasteiger partial charge is 0.325 e. The van der Waals surface area contributed by atoms with Crippen LogP contribution in [0.3, 0.4) is 0 Å². The van der Waals surface area contributed by atoms with E-state index >= 15 is 0 Å². The van der Waals surface area contributed by atoms with E-state index in [1.807, 2.05) is 30.3 Å². The van der Waals surface area contributed by atoms with Crippen molar-refractivity contribution in [1.29, 1.82) is 0 Å². The van der Waals surface area contributed by atoms with E-state index in [9.17, 15) is 8.78 Å². The molecule has 0 fully saturated rings. The van der Waals surface area contributed by atoms with Crippen LogP contribution in [0.1, 0.15) is 5.56 Å². The highest BCUT2D eigenvalue weighted by Gasteiger charge is 2.28. The summed E-state index contributed by atoms with van der Waals surface area (Å²) >= 11 is 0. The second kappa shape index (κ2) is 4.63. The van der Waals surface area contributed by atoms with Gasteiger partial charge in [0.1, 0.15) is 0 Å². The molecule has 17 heavy (non-hydrogen) atoms. The Morgan fingerprint density at radius 2 is 1.35 bits per heavy atom. The van der Waals surface area contributed by atoms with E-state index in [4.69, 9.17) is 5.73 Å². The van der Waals surface area contributed by atoms with Crippen molar-refractivity contribution in [3.05, 3.63) is 60.2 Å². The lowest BCUT2D eigenvalue weighted by molar-refractivity contribution is 0.00597. The molecule has 0 bridgehead atoms. The molecule has 0 aliphatic rings. The molecule has 0 amide bonds. The predicted octanol–water partition coefficient (Wildman–Crippen LogP) is 3.40. The highest BCUT2D eigenvalue weighted by molar-refractivity contribution is 5.63. The Labute approximate surface area is 98.9 Å². The molecule has 2 aromatic carbocycles. The highest BCUT2D eigenvalue weighted by Crippen LogP contribution is 2.28. The summed E-state index contributed by atoms with van der Waals surface area (Å²) in [5.41, 5.74) is 6.92. The van der Waals surface area contributed by atoms with Gasteiger partial charge in [-0.15, -0.1) is 0 Å². The molecule has 0 aromatic heterocycles. The monoisotopic (exact) mass is 233 g/mol. The Balaban J connectivity index is 2.31. The summed E-state index contributed by atoms with van der Waals surface area (Å²) in [5.74, 6) is -2.95. The average molecular weight is 233 g/mol. The van der Waals surface area contributed by atoms with E-state index < -0.39 is 12.5 Å². The molecular weight excluding hydrogens is 220 g/mol. The van der Waals surface area contributed by atoms with Crippen molar-refractivity contribution in [3.63, 3.8) is 0 Å². The fourth-order valence-corrected chi connectivity index (χ4v) is 1.65. The Kier molecular flexibility index (Phi) is 3.20. The quantitative estimate of drug-likeness (QED) is 0.863. The van der Waals surface area contributed by atoms with Crippen molar-refractivity contribution < 1.29 is 8.78 Å². The molecule has 2 N–H and O–H groups in total. The molecule has 2 rings (SSSR count). The molecule has 0 radical (unpaired) electrons. The van der Waals surface area contributed by atoms with Gasteiger partial charge in [0.25, 0.3) is 5.92 Å². The summed E-state index contributed by atoms with van der Waals surface area (Å²) in [6.45, 7) is -0.669.